The number of nitrogens with one attached hydrogen (secondary N) is 1. The molecule has 0 spiro atoms. The summed E-state index contributed by atoms with van der Waals surface area (Å²) in [5, 5.41) is 13.0. The molecule has 4 atom stereocenters. The van der Waals surface area contributed by atoms with Crippen LogP contribution in [0.25, 0.3) is 0 Å². The van der Waals surface area contributed by atoms with Crippen molar-refractivity contribution in [3.05, 3.63) is 0 Å². The van der Waals surface area contributed by atoms with E-state index in [0.29, 0.717) is 6.04 Å². The summed E-state index contributed by atoms with van der Waals surface area (Å²) in [6.07, 6.45) is 6.09. The van der Waals surface area contributed by atoms with Crippen molar-refractivity contribution in [2.45, 2.75) is 44.2 Å². The van der Waals surface area contributed by atoms with E-state index < -0.39 is 0 Å². The zero-order valence-electron chi connectivity index (χ0n) is 7.79. The van der Waals surface area contributed by atoms with Gasteiger partial charge in [0.05, 0.1) is 6.10 Å². The van der Waals surface area contributed by atoms with E-state index in [1.165, 1.54) is 25.7 Å². The number of fused-ring (bicyclic) bond motifs is 1. The predicted molar refractivity (Wildman–Crippen MR) is 48.9 cm³/mol. The molecule has 2 fully saturated rings. The van der Waals surface area contributed by atoms with Crippen molar-refractivity contribution in [3.63, 3.8) is 0 Å². The Morgan fingerprint density at radius 1 is 1.08 bits per heavy atom. The average molecular weight is 169 g/mol. The van der Waals surface area contributed by atoms with E-state index in [9.17, 15) is 5.11 Å². The van der Waals surface area contributed by atoms with Gasteiger partial charge in [-0.3, -0.25) is 0 Å². The molecule has 0 amide bonds. The topological polar surface area (TPSA) is 32.3 Å². The number of rotatable bonds is 1. The SMILES string of the molecule is CN[C@@H]1CC[C@@H]2C[C@H]2CC[C@@H]1O. The molecule has 0 aromatic carbocycles. The van der Waals surface area contributed by atoms with Crippen LogP contribution in [0.5, 0.6) is 0 Å². The molecule has 0 bridgehead atoms. The Balaban J connectivity index is 1.89. The number of aliphatic hydroxyl groups excluding tert-OH is 1. The highest BCUT2D eigenvalue weighted by atomic mass is 16.3. The second kappa shape index (κ2) is 3.35. The molecule has 0 unspecified atom stereocenters. The van der Waals surface area contributed by atoms with Gasteiger partial charge in [0.1, 0.15) is 0 Å². The smallest absolute Gasteiger partial charge is 0.0693 e. The molecule has 0 aromatic rings. The zero-order valence-corrected chi connectivity index (χ0v) is 7.79. The first kappa shape index (κ1) is 8.52. The maximum Gasteiger partial charge on any atom is 0.0693 e. The van der Waals surface area contributed by atoms with Crippen LogP contribution in [0.15, 0.2) is 0 Å². The van der Waals surface area contributed by atoms with Crippen molar-refractivity contribution >= 4 is 0 Å². The molecule has 12 heavy (non-hydrogen) atoms. The molecule has 2 N–H and O–H groups in total. The molecule has 0 saturated heterocycles. The third-order valence-electron chi connectivity index (χ3n) is 3.59. The summed E-state index contributed by atoms with van der Waals surface area (Å²) in [6.45, 7) is 0. The van der Waals surface area contributed by atoms with E-state index in [1.807, 2.05) is 7.05 Å². The zero-order chi connectivity index (χ0) is 8.55. The van der Waals surface area contributed by atoms with Gasteiger partial charge in [-0.1, -0.05) is 0 Å². The van der Waals surface area contributed by atoms with Crippen LogP contribution in [0.2, 0.25) is 0 Å². The standard InChI is InChI=1S/C10H19NO/c1-11-9-4-2-7-6-8(7)3-5-10(9)12/h7-12H,2-6H2,1H3/t7-,8-,9-,10+/m1/s1. The van der Waals surface area contributed by atoms with Crippen molar-refractivity contribution in [2.75, 3.05) is 7.05 Å². The molecule has 0 heterocycles. The molecule has 2 rings (SSSR count). The maximum absolute atomic E-state index is 9.75. The van der Waals surface area contributed by atoms with E-state index in [0.717, 1.165) is 18.3 Å². The lowest BCUT2D eigenvalue weighted by molar-refractivity contribution is 0.106. The second-order valence-corrected chi connectivity index (χ2v) is 4.37. The lowest BCUT2D eigenvalue weighted by Crippen LogP contribution is -2.38. The summed E-state index contributed by atoms with van der Waals surface area (Å²) in [6, 6.07) is 0.353. The quantitative estimate of drug-likeness (QED) is 0.617. The molecule has 2 saturated carbocycles. The first-order chi connectivity index (χ1) is 5.81. The van der Waals surface area contributed by atoms with Crippen LogP contribution in [-0.2, 0) is 0 Å². The van der Waals surface area contributed by atoms with Gasteiger partial charge in [0, 0.05) is 6.04 Å². The normalized spacial score (nSPS) is 47.5. The van der Waals surface area contributed by atoms with Gasteiger partial charge in [-0.25, -0.2) is 0 Å². The summed E-state index contributed by atoms with van der Waals surface area (Å²) in [5.41, 5.74) is 0. The Morgan fingerprint density at radius 3 is 2.42 bits per heavy atom. The fourth-order valence-corrected chi connectivity index (χ4v) is 2.53. The first-order valence-electron chi connectivity index (χ1n) is 5.16. The molecule has 0 aromatic heterocycles. The minimum absolute atomic E-state index is 0.100. The van der Waals surface area contributed by atoms with Gasteiger partial charge in [0.15, 0.2) is 0 Å². The molecular formula is C10H19NO. The van der Waals surface area contributed by atoms with Crippen LogP contribution in [0, 0.1) is 11.8 Å². The fraction of sp³-hybridized carbons (Fsp3) is 1.00. The van der Waals surface area contributed by atoms with Gasteiger partial charge < -0.3 is 10.4 Å². The summed E-state index contributed by atoms with van der Waals surface area (Å²) in [4.78, 5) is 0. The summed E-state index contributed by atoms with van der Waals surface area (Å²) in [5.74, 6) is 1.98. The fourth-order valence-electron chi connectivity index (χ4n) is 2.53. The van der Waals surface area contributed by atoms with Crippen LogP contribution in [0.3, 0.4) is 0 Å². The third kappa shape index (κ3) is 1.64. The summed E-state index contributed by atoms with van der Waals surface area (Å²) < 4.78 is 0. The molecule has 2 nitrogen and oxygen atoms in total. The number of hydrogen-bond donors (Lipinski definition) is 2. The molecule has 2 aliphatic rings. The maximum atomic E-state index is 9.75. The Hall–Kier alpha value is -0.0800. The Bertz CT molecular complexity index is 160. The minimum Gasteiger partial charge on any atom is -0.392 e. The highest BCUT2D eigenvalue weighted by molar-refractivity contribution is 4.91. The van der Waals surface area contributed by atoms with Gasteiger partial charge in [-0.05, 0) is 51.0 Å². The lowest BCUT2D eigenvalue weighted by atomic mass is 9.94. The molecular weight excluding hydrogens is 150 g/mol. The molecule has 2 aliphatic carbocycles. The average Bonchev–Trinajstić information content (AvgIpc) is 2.78. The van der Waals surface area contributed by atoms with Gasteiger partial charge in [0.25, 0.3) is 0 Å². The Labute approximate surface area is 74.4 Å². The monoisotopic (exact) mass is 169 g/mol. The summed E-state index contributed by atoms with van der Waals surface area (Å²) in [7, 11) is 1.96. The van der Waals surface area contributed by atoms with Crippen LogP contribution >= 0.6 is 0 Å². The first-order valence-corrected chi connectivity index (χ1v) is 5.16. The number of hydrogen-bond acceptors (Lipinski definition) is 2. The highest BCUT2D eigenvalue weighted by Crippen LogP contribution is 2.47. The van der Waals surface area contributed by atoms with Crippen molar-refractivity contribution in [1.29, 1.82) is 0 Å². The Kier molecular flexibility index (Phi) is 2.37. The van der Waals surface area contributed by atoms with Crippen LogP contribution < -0.4 is 5.32 Å². The van der Waals surface area contributed by atoms with Crippen molar-refractivity contribution in [3.8, 4) is 0 Å². The third-order valence-corrected chi connectivity index (χ3v) is 3.59. The van der Waals surface area contributed by atoms with Crippen molar-refractivity contribution in [2.24, 2.45) is 11.8 Å². The molecule has 70 valence electrons. The van der Waals surface area contributed by atoms with Gasteiger partial charge in [-0.2, -0.15) is 0 Å². The minimum atomic E-state index is -0.100. The second-order valence-electron chi connectivity index (χ2n) is 4.37. The van der Waals surface area contributed by atoms with Gasteiger partial charge in [0.2, 0.25) is 0 Å². The molecule has 0 aliphatic heterocycles. The van der Waals surface area contributed by atoms with Crippen LogP contribution in [0.1, 0.15) is 32.1 Å². The van der Waals surface area contributed by atoms with E-state index in [4.69, 9.17) is 0 Å². The number of aliphatic hydroxyl groups is 1. The summed E-state index contributed by atoms with van der Waals surface area (Å²) >= 11 is 0. The highest BCUT2D eigenvalue weighted by Gasteiger charge is 2.39. The van der Waals surface area contributed by atoms with Crippen LogP contribution in [0.4, 0.5) is 0 Å². The van der Waals surface area contributed by atoms with E-state index >= 15 is 0 Å². The van der Waals surface area contributed by atoms with E-state index in [1.54, 1.807) is 0 Å². The van der Waals surface area contributed by atoms with Crippen molar-refractivity contribution < 1.29 is 5.11 Å². The Morgan fingerprint density at radius 2 is 1.75 bits per heavy atom. The molecule has 0 radical (unpaired) electrons. The van der Waals surface area contributed by atoms with Crippen molar-refractivity contribution in [1.82, 2.24) is 5.32 Å². The molecule has 2 heteroatoms. The predicted octanol–water partition coefficient (Wildman–Crippen LogP) is 1.15. The lowest BCUT2D eigenvalue weighted by Gasteiger charge is -2.24. The number of likely N-dealkylation sites (N-methyl/N-ethyl adjacent to an activating group) is 1. The van der Waals surface area contributed by atoms with E-state index in [2.05, 4.69) is 5.32 Å². The van der Waals surface area contributed by atoms with Crippen LogP contribution in [-0.4, -0.2) is 24.3 Å². The largest absolute Gasteiger partial charge is 0.392 e. The van der Waals surface area contributed by atoms with Gasteiger partial charge in [-0.15, -0.1) is 0 Å². The van der Waals surface area contributed by atoms with Gasteiger partial charge >= 0.3 is 0 Å². The van der Waals surface area contributed by atoms with E-state index in [-0.39, 0.29) is 6.10 Å².